The summed E-state index contributed by atoms with van der Waals surface area (Å²) in [6.45, 7) is 6.62. The van der Waals surface area contributed by atoms with Gasteiger partial charge in [0.25, 0.3) is 0 Å². The van der Waals surface area contributed by atoms with Gasteiger partial charge in [-0.3, -0.25) is 4.90 Å². The van der Waals surface area contributed by atoms with Crippen LogP contribution in [-0.4, -0.2) is 34.8 Å². The zero-order valence-electron chi connectivity index (χ0n) is 13.5. The minimum atomic E-state index is 0.138. The number of halogens is 1. The molecule has 0 unspecified atom stereocenters. The monoisotopic (exact) mass is 335 g/mol. The zero-order valence-corrected chi connectivity index (χ0v) is 14.3. The van der Waals surface area contributed by atoms with Gasteiger partial charge < -0.3 is 9.15 Å². The van der Waals surface area contributed by atoms with Crippen molar-refractivity contribution in [2.45, 2.75) is 32.7 Å². The molecular formula is C17H22ClN3O2. The average molecular weight is 336 g/mol. The van der Waals surface area contributed by atoms with Gasteiger partial charge in [-0.25, -0.2) is 0 Å². The van der Waals surface area contributed by atoms with E-state index in [2.05, 4.69) is 22.0 Å². The number of ether oxygens (including phenoxy) is 1. The van der Waals surface area contributed by atoms with E-state index in [0.717, 1.165) is 31.7 Å². The maximum Gasteiger partial charge on any atom is 0.233 e. The Bertz CT molecular complexity index is 646. The topological polar surface area (TPSA) is 51.4 Å². The molecule has 1 aliphatic heterocycles. The normalized spacial score (nSPS) is 20.4. The minimum Gasteiger partial charge on any atom is -0.492 e. The van der Waals surface area contributed by atoms with Gasteiger partial charge >= 0.3 is 0 Å². The molecule has 0 radical (unpaired) electrons. The van der Waals surface area contributed by atoms with Crippen LogP contribution in [0.4, 0.5) is 0 Å². The van der Waals surface area contributed by atoms with Gasteiger partial charge in [-0.15, -0.1) is 10.2 Å². The van der Waals surface area contributed by atoms with E-state index in [1.165, 1.54) is 0 Å². The van der Waals surface area contributed by atoms with Gasteiger partial charge in [-0.05, 0) is 38.4 Å². The Hall–Kier alpha value is -1.59. The van der Waals surface area contributed by atoms with Crippen molar-refractivity contribution in [1.82, 2.24) is 15.1 Å². The molecule has 2 heterocycles. The maximum absolute atomic E-state index is 6.14. The highest BCUT2D eigenvalue weighted by atomic mass is 35.5. The van der Waals surface area contributed by atoms with E-state index in [1.54, 1.807) is 0 Å². The molecule has 1 aromatic heterocycles. The highest BCUT2D eigenvalue weighted by Gasteiger charge is 2.27. The van der Waals surface area contributed by atoms with Crippen molar-refractivity contribution >= 4 is 11.6 Å². The second-order valence-electron chi connectivity index (χ2n) is 6.08. The first-order valence-corrected chi connectivity index (χ1v) is 8.42. The van der Waals surface area contributed by atoms with E-state index in [1.807, 2.05) is 31.2 Å². The largest absolute Gasteiger partial charge is 0.492 e. The molecule has 1 aromatic carbocycles. The van der Waals surface area contributed by atoms with Crippen LogP contribution in [0.15, 0.2) is 28.7 Å². The van der Waals surface area contributed by atoms with Crippen LogP contribution < -0.4 is 4.74 Å². The Morgan fingerprint density at radius 1 is 1.39 bits per heavy atom. The number of hydrogen-bond donors (Lipinski definition) is 0. The van der Waals surface area contributed by atoms with Crippen LogP contribution in [0.2, 0.25) is 5.02 Å². The summed E-state index contributed by atoms with van der Waals surface area (Å²) in [7, 11) is 0. The Kier molecular flexibility index (Phi) is 5.18. The molecule has 0 saturated carbocycles. The summed E-state index contributed by atoms with van der Waals surface area (Å²) in [5, 5.41) is 8.73. The van der Waals surface area contributed by atoms with Crippen molar-refractivity contribution in [3.05, 3.63) is 41.1 Å². The lowest BCUT2D eigenvalue weighted by molar-refractivity contribution is 0.0895. The van der Waals surface area contributed by atoms with Gasteiger partial charge in [0.2, 0.25) is 11.8 Å². The number of benzene rings is 1. The first-order chi connectivity index (χ1) is 11.1. The minimum absolute atomic E-state index is 0.138. The van der Waals surface area contributed by atoms with Gasteiger partial charge in [0.15, 0.2) is 0 Å². The van der Waals surface area contributed by atoms with Crippen LogP contribution in [0.1, 0.15) is 37.6 Å². The second-order valence-corrected chi connectivity index (χ2v) is 6.49. The molecule has 124 valence electrons. The highest BCUT2D eigenvalue weighted by molar-refractivity contribution is 6.32. The summed E-state index contributed by atoms with van der Waals surface area (Å²) in [5.74, 6) is 2.54. The number of hydrogen-bond acceptors (Lipinski definition) is 5. The Balaban J connectivity index is 1.57. The van der Waals surface area contributed by atoms with E-state index in [4.69, 9.17) is 20.8 Å². The summed E-state index contributed by atoms with van der Waals surface area (Å²) in [5.41, 5.74) is 0. The summed E-state index contributed by atoms with van der Waals surface area (Å²) < 4.78 is 11.5. The lowest BCUT2D eigenvalue weighted by Crippen LogP contribution is -2.39. The number of rotatable bonds is 5. The number of nitrogens with zero attached hydrogens (tertiary/aromatic N) is 3. The van der Waals surface area contributed by atoms with Crippen LogP contribution in [0.5, 0.6) is 5.75 Å². The number of aromatic nitrogens is 2. The lowest BCUT2D eigenvalue weighted by atomic mass is 9.97. The molecule has 2 aromatic rings. The number of aryl methyl sites for hydroxylation is 1. The van der Waals surface area contributed by atoms with Crippen LogP contribution >= 0.6 is 11.6 Å². The van der Waals surface area contributed by atoms with Crippen LogP contribution in [-0.2, 0) is 0 Å². The van der Waals surface area contributed by atoms with Gasteiger partial charge in [0.05, 0.1) is 17.7 Å². The predicted molar refractivity (Wildman–Crippen MR) is 88.7 cm³/mol. The summed E-state index contributed by atoms with van der Waals surface area (Å²) in [4.78, 5) is 2.39. The van der Waals surface area contributed by atoms with Gasteiger partial charge in [0, 0.05) is 19.4 Å². The highest BCUT2D eigenvalue weighted by Crippen LogP contribution is 2.28. The molecule has 0 bridgehead atoms. The molecule has 3 rings (SSSR count). The second kappa shape index (κ2) is 7.32. The average Bonchev–Trinajstić information content (AvgIpc) is 3.00. The molecule has 23 heavy (non-hydrogen) atoms. The Morgan fingerprint density at radius 3 is 2.96 bits per heavy atom. The smallest absolute Gasteiger partial charge is 0.233 e. The molecule has 1 fully saturated rings. The van der Waals surface area contributed by atoms with Crippen LogP contribution in [0, 0.1) is 12.8 Å². The molecule has 1 saturated heterocycles. The summed E-state index contributed by atoms with van der Waals surface area (Å²) >= 11 is 6.14. The number of piperidine rings is 1. The van der Waals surface area contributed by atoms with E-state index in [-0.39, 0.29) is 6.04 Å². The molecule has 1 aliphatic rings. The molecule has 6 heteroatoms. The van der Waals surface area contributed by atoms with Gasteiger partial charge in [0.1, 0.15) is 5.75 Å². The summed E-state index contributed by atoms with van der Waals surface area (Å²) in [6, 6.07) is 7.75. The number of para-hydroxylation sites is 1. The van der Waals surface area contributed by atoms with Crippen molar-refractivity contribution in [3.63, 3.8) is 0 Å². The third-order valence-corrected chi connectivity index (χ3v) is 4.62. The van der Waals surface area contributed by atoms with Crippen molar-refractivity contribution in [2.24, 2.45) is 5.92 Å². The SMILES string of the molecule is Cc1nnc([C@@H](C)N2CCC[C@H](COc3ccccc3Cl)C2)o1. The van der Waals surface area contributed by atoms with Crippen molar-refractivity contribution in [3.8, 4) is 5.75 Å². The molecule has 0 N–H and O–H groups in total. The van der Waals surface area contributed by atoms with Crippen molar-refractivity contribution in [1.29, 1.82) is 0 Å². The van der Waals surface area contributed by atoms with Crippen molar-refractivity contribution in [2.75, 3.05) is 19.7 Å². The predicted octanol–water partition coefficient (Wildman–Crippen LogP) is 3.88. The van der Waals surface area contributed by atoms with E-state index < -0.39 is 0 Å². The number of likely N-dealkylation sites (tertiary alicyclic amines) is 1. The fourth-order valence-electron chi connectivity index (χ4n) is 2.99. The first kappa shape index (κ1) is 16.3. The van der Waals surface area contributed by atoms with Crippen molar-refractivity contribution < 1.29 is 9.15 Å². The first-order valence-electron chi connectivity index (χ1n) is 8.05. The Labute approximate surface area is 141 Å². The quantitative estimate of drug-likeness (QED) is 0.829. The Morgan fingerprint density at radius 2 is 2.22 bits per heavy atom. The molecule has 2 atom stereocenters. The fourth-order valence-corrected chi connectivity index (χ4v) is 3.18. The maximum atomic E-state index is 6.14. The van der Waals surface area contributed by atoms with Gasteiger partial charge in [-0.2, -0.15) is 0 Å². The van der Waals surface area contributed by atoms with Gasteiger partial charge in [-0.1, -0.05) is 23.7 Å². The molecule has 0 spiro atoms. The third-order valence-electron chi connectivity index (χ3n) is 4.31. The summed E-state index contributed by atoms with van der Waals surface area (Å²) in [6.07, 6.45) is 2.31. The van der Waals surface area contributed by atoms with E-state index >= 15 is 0 Å². The third kappa shape index (κ3) is 4.03. The van der Waals surface area contributed by atoms with Crippen LogP contribution in [0.25, 0.3) is 0 Å². The lowest BCUT2D eigenvalue weighted by Gasteiger charge is -2.35. The molecule has 0 aliphatic carbocycles. The zero-order chi connectivity index (χ0) is 16.2. The van der Waals surface area contributed by atoms with E-state index in [0.29, 0.717) is 29.3 Å². The molecule has 0 amide bonds. The molecular weight excluding hydrogens is 314 g/mol. The standard InChI is InChI=1S/C17H22ClN3O2/c1-12(17-20-19-13(2)23-17)21-9-5-6-14(10-21)11-22-16-8-4-3-7-15(16)18/h3-4,7-8,12,14H,5-6,9-11H2,1-2H3/t12-,14+/m1/s1. The van der Waals surface area contributed by atoms with E-state index in [9.17, 15) is 0 Å². The fraction of sp³-hybridized carbons (Fsp3) is 0.529. The van der Waals surface area contributed by atoms with Crippen LogP contribution in [0.3, 0.4) is 0 Å². The molecule has 5 nitrogen and oxygen atoms in total.